The van der Waals surface area contributed by atoms with E-state index in [1.807, 2.05) is 13.8 Å². The predicted octanol–water partition coefficient (Wildman–Crippen LogP) is 1.10. The van der Waals surface area contributed by atoms with Crippen LogP contribution >= 0.6 is 0 Å². The molecule has 1 heterocycles. The van der Waals surface area contributed by atoms with Crippen molar-refractivity contribution in [3.63, 3.8) is 0 Å². The van der Waals surface area contributed by atoms with Gasteiger partial charge in [-0.3, -0.25) is 14.6 Å². The van der Waals surface area contributed by atoms with E-state index in [-0.39, 0.29) is 18.9 Å². The number of carboxylic acid groups (broad SMARTS) is 3. The Bertz CT molecular complexity index is 857. The minimum atomic E-state index is -1.71. The number of hydrogen-bond acceptors (Lipinski definition) is 7. The van der Waals surface area contributed by atoms with E-state index < -0.39 is 49.0 Å². The second kappa shape index (κ2) is 12.9. The third kappa shape index (κ3) is 9.41. The van der Waals surface area contributed by atoms with Crippen LogP contribution in [0.5, 0.6) is 0 Å². The molecule has 0 spiro atoms. The fraction of sp³-hybridized carbons (Fsp3) is 0.500. The molecule has 2 amide bonds. The van der Waals surface area contributed by atoms with Crippen molar-refractivity contribution in [1.29, 1.82) is 0 Å². The van der Waals surface area contributed by atoms with Gasteiger partial charge < -0.3 is 30.7 Å². The molecule has 0 aromatic carbocycles. The van der Waals surface area contributed by atoms with Gasteiger partial charge in [-0.25, -0.2) is 14.4 Å². The van der Waals surface area contributed by atoms with Gasteiger partial charge in [0.1, 0.15) is 6.04 Å². The predicted molar refractivity (Wildman–Crippen MR) is 109 cm³/mol. The van der Waals surface area contributed by atoms with E-state index in [9.17, 15) is 29.1 Å². The van der Waals surface area contributed by atoms with Gasteiger partial charge in [-0.2, -0.15) is 0 Å². The summed E-state index contributed by atoms with van der Waals surface area (Å²) >= 11 is 0. The molecule has 0 aliphatic carbocycles. The number of unbranched alkanes of at least 4 members (excludes halogenated alkanes) is 1. The summed E-state index contributed by atoms with van der Waals surface area (Å²) in [7, 11) is 0. The largest absolute Gasteiger partial charge is 0.481 e. The molecule has 32 heavy (non-hydrogen) atoms. The summed E-state index contributed by atoms with van der Waals surface area (Å²) in [5.74, 6) is -4.45. The van der Waals surface area contributed by atoms with Crippen molar-refractivity contribution >= 4 is 29.9 Å². The summed E-state index contributed by atoms with van der Waals surface area (Å²) in [6.45, 7) is 3.95. The molecule has 12 nitrogen and oxygen atoms in total. The average molecular weight is 453 g/mol. The molecule has 2 atom stereocenters. The highest BCUT2D eigenvalue weighted by Gasteiger charge is 2.26. The van der Waals surface area contributed by atoms with Crippen molar-refractivity contribution in [2.45, 2.75) is 58.1 Å². The molecule has 176 valence electrons. The Balaban J connectivity index is 2.44. The van der Waals surface area contributed by atoms with E-state index >= 15 is 0 Å². The van der Waals surface area contributed by atoms with Gasteiger partial charge in [0, 0.05) is 31.3 Å². The number of rotatable bonds is 13. The lowest BCUT2D eigenvalue weighted by Gasteiger charge is -2.17. The van der Waals surface area contributed by atoms with Gasteiger partial charge in [-0.15, -0.1) is 0 Å². The molecule has 1 aromatic heterocycles. The minimum Gasteiger partial charge on any atom is -0.481 e. The SMILES string of the molecule is Cc1cc(C(=O)NCCCC[C@H](NC(=O)O[C@@H](CCC(=O)O)C(=O)O)C(=O)O)cnc1C. The molecule has 1 rings (SSSR count). The number of nitrogens with zero attached hydrogens (tertiary/aromatic N) is 1. The number of aryl methyl sites for hydroxylation is 2. The van der Waals surface area contributed by atoms with Crippen LogP contribution < -0.4 is 10.6 Å². The number of nitrogens with one attached hydrogen (secondary N) is 2. The van der Waals surface area contributed by atoms with Crippen LogP contribution in [0.25, 0.3) is 0 Å². The molecule has 0 unspecified atom stereocenters. The van der Waals surface area contributed by atoms with Crippen molar-refractivity contribution in [3.05, 3.63) is 29.1 Å². The van der Waals surface area contributed by atoms with Crippen molar-refractivity contribution in [3.8, 4) is 0 Å². The molecule has 5 N–H and O–H groups in total. The molecule has 0 aliphatic rings. The number of ether oxygens (including phenoxy) is 1. The molecule has 0 radical (unpaired) electrons. The lowest BCUT2D eigenvalue weighted by molar-refractivity contribution is -0.148. The monoisotopic (exact) mass is 453 g/mol. The number of aromatic nitrogens is 1. The van der Waals surface area contributed by atoms with Crippen LogP contribution in [-0.2, 0) is 19.1 Å². The van der Waals surface area contributed by atoms with Gasteiger partial charge >= 0.3 is 24.0 Å². The average Bonchev–Trinajstić information content (AvgIpc) is 2.71. The Morgan fingerprint density at radius 3 is 2.28 bits per heavy atom. The van der Waals surface area contributed by atoms with Crippen molar-refractivity contribution in [2.75, 3.05) is 6.54 Å². The molecular weight excluding hydrogens is 426 g/mol. The summed E-state index contributed by atoms with van der Waals surface area (Å²) in [6.07, 6.45) is -1.72. The maximum Gasteiger partial charge on any atom is 0.408 e. The molecule has 1 aromatic rings. The maximum absolute atomic E-state index is 12.1. The van der Waals surface area contributed by atoms with E-state index in [2.05, 4.69) is 20.4 Å². The number of carbonyl (C=O) groups is 5. The van der Waals surface area contributed by atoms with Crippen LogP contribution in [0.15, 0.2) is 12.3 Å². The summed E-state index contributed by atoms with van der Waals surface area (Å²) < 4.78 is 4.63. The lowest BCUT2D eigenvalue weighted by Crippen LogP contribution is -2.43. The first-order valence-electron chi connectivity index (χ1n) is 9.87. The second-order valence-corrected chi connectivity index (χ2v) is 7.08. The first kappa shape index (κ1) is 26.3. The zero-order valence-corrected chi connectivity index (χ0v) is 17.8. The second-order valence-electron chi connectivity index (χ2n) is 7.08. The van der Waals surface area contributed by atoms with Crippen LogP contribution in [0.2, 0.25) is 0 Å². The molecule has 0 aliphatic heterocycles. The Morgan fingerprint density at radius 2 is 1.72 bits per heavy atom. The highest BCUT2D eigenvalue weighted by Crippen LogP contribution is 2.08. The van der Waals surface area contributed by atoms with Crippen LogP contribution in [0.4, 0.5) is 4.79 Å². The van der Waals surface area contributed by atoms with Gasteiger partial charge in [0.25, 0.3) is 5.91 Å². The van der Waals surface area contributed by atoms with Crippen molar-refractivity contribution < 1.29 is 44.0 Å². The number of carbonyl (C=O) groups excluding carboxylic acids is 2. The van der Waals surface area contributed by atoms with Gasteiger partial charge in [-0.05, 0) is 44.7 Å². The molecular formula is C20H27N3O9. The number of alkyl carbamates (subject to hydrolysis) is 1. The van der Waals surface area contributed by atoms with E-state index in [1.165, 1.54) is 6.20 Å². The Kier molecular flexibility index (Phi) is 10.6. The van der Waals surface area contributed by atoms with E-state index in [0.29, 0.717) is 18.4 Å². The molecule has 0 fully saturated rings. The molecule has 0 bridgehead atoms. The zero-order chi connectivity index (χ0) is 24.3. The van der Waals surface area contributed by atoms with Crippen LogP contribution in [0.1, 0.15) is 53.7 Å². The number of carboxylic acids is 3. The fourth-order valence-corrected chi connectivity index (χ4v) is 2.60. The molecule has 0 saturated carbocycles. The summed E-state index contributed by atoms with van der Waals surface area (Å²) in [4.78, 5) is 61.0. The topological polar surface area (TPSA) is 192 Å². The zero-order valence-electron chi connectivity index (χ0n) is 17.8. The summed E-state index contributed by atoms with van der Waals surface area (Å²) in [5, 5.41) is 31.6. The number of pyridine rings is 1. The quantitative estimate of drug-likeness (QED) is 0.270. The van der Waals surface area contributed by atoms with Crippen LogP contribution in [0, 0.1) is 13.8 Å². The van der Waals surface area contributed by atoms with E-state index in [1.54, 1.807) is 6.07 Å². The standard InChI is InChI=1S/C20H27N3O9/c1-11-9-13(10-22-12(11)2)17(26)21-8-4-3-5-14(18(27)28)23-20(31)32-15(19(29)30)6-7-16(24)25/h9-10,14-15H,3-8H2,1-2H3,(H,21,26)(H,23,31)(H,24,25)(H,27,28)(H,29,30)/t14-,15-/m0/s1. The van der Waals surface area contributed by atoms with Gasteiger partial charge in [0.05, 0.1) is 5.56 Å². The third-order valence-corrected chi connectivity index (χ3v) is 4.54. The normalized spacial score (nSPS) is 12.3. The highest BCUT2D eigenvalue weighted by molar-refractivity contribution is 5.94. The third-order valence-electron chi connectivity index (χ3n) is 4.54. The minimum absolute atomic E-state index is 0.0123. The van der Waals surface area contributed by atoms with Crippen LogP contribution in [0.3, 0.4) is 0 Å². The number of hydrogen-bond donors (Lipinski definition) is 5. The van der Waals surface area contributed by atoms with Gasteiger partial charge in [-0.1, -0.05) is 0 Å². The molecule has 12 heteroatoms. The van der Waals surface area contributed by atoms with E-state index in [4.69, 9.17) is 10.2 Å². The molecule has 0 saturated heterocycles. The Labute approximate surface area is 184 Å². The number of amides is 2. The fourth-order valence-electron chi connectivity index (χ4n) is 2.60. The smallest absolute Gasteiger partial charge is 0.408 e. The first-order chi connectivity index (χ1) is 15.0. The Morgan fingerprint density at radius 1 is 1.03 bits per heavy atom. The Hall–Kier alpha value is -3.70. The lowest BCUT2D eigenvalue weighted by atomic mass is 10.1. The number of aliphatic carboxylic acids is 3. The van der Waals surface area contributed by atoms with E-state index in [0.717, 1.165) is 11.3 Å². The maximum atomic E-state index is 12.1. The summed E-state index contributed by atoms with van der Waals surface area (Å²) in [5.41, 5.74) is 2.12. The highest BCUT2D eigenvalue weighted by atomic mass is 16.6. The summed E-state index contributed by atoms with van der Waals surface area (Å²) in [6, 6.07) is 0.380. The van der Waals surface area contributed by atoms with Crippen molar-refractivity contribution in [1.82, 2.24) is 15.6 Å². The first-order valence-corrected chi connectivity index (χ1v) is 9.87. The van der Waals surface area contributed by atoms with Crippen molar-refractivity contribution in [2.24, 2.45) is 0 Å². The van der Waals surface area contributed by atoms with Gasteiger partial charge in [0.2, 0.25) is 6.10 Å². The van der Waals surface area contributed by atoms with Crippen LogP contribution in [-0.4, -0.2) is 68.9 Å². The van der Waals surface area contributed by atoms with Gasteiger partial charge in [0.15, 0.2) is 0 Å².